The van der Waals surface area contributed by atoms with Gasteiger partial charge in [0.15, 0.2) is 0 Å². The van der Waals surface area contributed by atoms with E-state index in [1.54, 1.807) is 12.1 Å². The number of aromatic nitrogens is 1. The summed E-state index contributed by atoms with van der Waals surface area (Å²) in [5.74, 6) is -1.20. The van der Waals surface area contributed by atoms with Crippen LogP contribution < -0.4 is 16.6 Å². The summed E-state index contributed by atoms with van der Waals surface area (Å²) in [6.45, 7) is 0.919. The van der Waals surface area contributed by atoms with Crippen LogP contribution in [0.2, 0.25) is 0 Å². The van der Waals surface area contributed by atoms with Gasteiger partial charge >= 0.3 is 0 Å². The van der Waals surface area contributed by atoms with Crippen LogP contribution in [0.15, 0.2) is 35.1 Å². The van der Waals surface area contributed by atoms with Gasteiger partial charge in [0.2, 0.25) is 0 Å². The van der Waals surface area contributed by atoms with Crippen LogP contribution in [0.3, 0.4) is 0 Å². The summed E-state index contributed by atoms with van der Waals surface area (Å²) in [5.41, 5.74) is 7.32. The first kappa shape index (κ1) is 15.9. The molecule has 0 aliphatic carbocycles. The lowest BCUT2D eigenvalue weighted by Gasteiger charge is -2.13. The summed E-state index contributed by atoms with van der Waals surface area (Å²) < 4.78 is 1.24. The second kappa shape index (κ2) is 5.93. The van der Waals surface area contributed by atoms with Crippen molar-refractivity contribution in [3.05, 3.63) is 57.4 Å². The summed E-state index contributed by atoms with van der Waals surface area (Å²) in [7, 11) is 4.01. The van der Waals surface area contributed by atoms with E-state index in [0.29, 0.717) is 5.69 Å². The molecule has 0 bridgehead atoms. The molecule has 1 aliphatic heterocycles. The van der Waals surface area contributed by atoms with Crippen LogP contribution in [-0.4, -0.2) is 41.9 Å². The SMILES string of the molecule is CN(C)CCc1ccc(-n2c(N)c3c(cc2=O)C(=O)NC3=O)cc1. The fourth-order valence-electron chi connectivity index (χ4n) is 2.71. The largest absolute Gasteiger partial charge is 0.384 e. The molecule has 2 amide bonds. The number of hydrogen-bond acceptors (Lipinski definition) is 5. The number of carbonyl (C=O) groups excluding carboxylic acids is 2. The fraction of sp³-hybridized carbons (Fsp3) is 0.235. The zero-order chi connectivity index (χ0) is 17.4. The standard InChI is InChI=1S/C17H18N4O3/c1-20(2)8-7-10-3-5-11(6-4-10)21-13(22)9-12-14(15(21)18)17(24)19-16(12)23/h3-6,9H,7-8,18H2,1-2H3,(H,19,23,24). The molecule has 3 rings (SSSR count). The molecule has 24 heavy (non-hydrogen) atoms. The van der Waals surface area contributed by atoms with Gasteiger partial charge in [0.1, 0.15) is 5.82 Å². The van der Waals surface area contributed by atoms with Gasteiger partial charge in [0, 0.05) is 12.6 Å². The third kappa shape index (κ3) is 2.69. The zero-order valence-corrected chi connectivity index (χ0v) is 13.5. The molecule has 7 nitrogen and oxygen atoms in total. The van der Waals surface area contributed by atoms with Crippen molar-refractivity contribution in [1.82, 2.24) is 14.8 Å². The Bertz CT molecular complexity index is 882. The van der Waals surface area contributed by atoms with Gasteiger partial charge in [-0.05, 0) is 38.2 Å². The lowest BCUT2D eigenvalue weighted by Crippen LogP contribution is -2.24. The van der Waals surface area contributed by atoms with Crippen molar-refractivity contribution in [2.45, 2.75) is 6.42 Å². The van der Waals surface area contributed by atoms with Crippen molar-refractivity contribution in [2.75, 3.05) is 26.4 Å². The van der Waals surface area contributed by atoms with Gasteiger partial charge < -0.3 is 10.6 Å². The number of nitrogen functional groups attached to an aromatic ring is 1. The average Bonchev–Trinajstić information content (AvgIpc) is 2.80. The van der Waals surface area contributed by atoms with E-state index in [4.69, 9.17) is 5.73 Å². The molecule has 0 fully saturated rings. The third-order valence-electron chi connectivity index (χ3n) is 4.00. The highest BCUT2D eigenvalue weighted by Crippen LogP contribution is 2.22. The Morgan fingerprint density at radius 1 is 1.08 bits per heavy atom. The Hall–Kier alpha value is -2.93. The maximum Gasteiger partial charge on any atom is 0.262 e. The van der Waals surface area contributed by atoms with Crippen molar-refractivity contribution in [3.8, 4) is 5.69 Å². The zero-order valence-electron chi connectivity index (χ0n) is 13.5. The van der Waals surface area contributed by atoms with Gasteiger partial charge in [-0.3, -0.25) is 24.3 Å². The van der Waals surface area contributed by atoms with Crippen LogP contribution in [0, 0.1) is 0 Å². The maximum atomic E-state index is 12.3. The summed E-state index contributed by atoms with van der Waals surface area (Å²) in [6.07, 6.45) is 0.888. The molecule has 1 aromatic heterocycles. The van der Waals surface area contributed by atoms with E-state index in [2.05, 4.69) is 10.2 Å². The number of hydrogen-bond donors (Lipinski definition) is 2. The van der Waals surface area contributed by atoms with Crippen LogP contribution in [-0.2, 0) is 6.42 Å². The molecular weight excluding hydrogens is 308 g/mol. The lowest BCUT2D eigenvalue weighted by atomic mass is 10.1. The summed E-state index contributed by atoms with van der Waals surface area (Å²) in [4.78, 5) is 38.0. The molecule has 124 valence electrons. The molecule has 0 atom stereocenters. The molecule has 0 saturated carbocycles. The van der Waals surface area contributed by atoms with Crippen LogP contribution in [0.5, 0.6) is 0 Å². The second-order valence-corrected chi connectivity index (χ2v) is 5.99. The summed E-state index contributed by atoms with van der Waals surface area (Å²) in [6, 6.07) is 8.55. The predicted octanol–water partition coefficient (Wildman–Crippen LogP) is 0.407. The highest BCUT2D eigenvalue weighted by atomic mass is 16.2. The number of anilines is 1. The van der Waals surface area contributed by atoms with Crippen molar-refractivity contribution in [3.63, 3.8) is 0 Å². The van der Waals surface area contributed by atoms with E-state index >= 15 is 0 Å². The first-order chi connectivity index (χ1) is 11.4. The number of pyridine rings is 1. The number of nitrogens with one attached hydrogen (secondary N) is 1. The van der Waals surface area contributed by atoms with Gasteiger partial charge in [0.05, 0.1) is 16.8 Å². The molecular formula is C17H18N4O3. The van der Waals surface area contributed by atoms with Crippen LogP contribution in [0.1, 0.15) is 26.3 Å². The van der Waals surface area contributed by atoms with E-state index in [1.807, 2.05) is 26.2 Å². The number of imide groups is 1. The smallest absolute Gasteiger partial charge is 0.262 e. The number of carbonyl (C=O) groups is 2. The third-order valence-corrected chi connectivity index (χ3v) is 4.00. The number of likely N-dealkylation sites (N-methyl/N-ethyl adjacent to an activating group) is 1. The molecule has 7 heteroatoms. The van der Waals surface area contributed by atoms with Gasteiger partial charge in [-0.15, -0.1) is 0 Å². The van der Waals surface area contributed by atoms with Gasteiger partial charge in [-0.25, -0.2) is 0 Å². The lowest BCUT2D eigenvalue weighted by molar-refractivity contribution is 0.0880. The number of fused-ring (bicyclic) bond motifs is 1. The first-order valence-corrected chi connectivity index (χ1v) is 7.53. The van der Waals surface area contributed by atoms with E-state index in [-0.39, 0.29) is 16.9 Å². The molecule has 1 aliphatic rings. The predicted molar refractivity (Wildman–Crippen MR) is 90.5 cm³/mol. The number of nitrogens with zero attached hydrogens (tertiary/aromatic N) is 2. The summed E-state index contributed by atoms with van der Waals surface area (Å²) in [5, 5.41) is 2.15. The van der Waals surface area contributed by atoms with E-state index in [9.17, 15) is 14.4 Å². The Morgan fingerprint density at radius 3 is 2.38 bits per heavy atom. The molecule has 3 N–H and O–H groups in total. The second-order valence-electron chi connectivity index (χ2n) is 5.99. The quantitative estimate of drug-likeness (QED) is 0.793. The first-order valence-electron chi connectivity index (χ1n) is 7.53. The number of nitrogens with two attached hydrogens (primary N) is 1. The highest BCUT2D eigenvalue weighted by molar-refractivity contribution is 6.23. The average molecular weight is 326 g/mol. The van der Waals surface area contributed by atoms with Crippen LogP contribution in [0.25, 0.3) is 5.69 Å². The molecule has 0 spiro atoms. The highest BCUT2D eigenvalue weighted by Gasteiger charge is 2.31. The molecule has 1 aromatic carbocycles. The molecule has 0 radical (unpaired) electrons. The van der Waals surface area contributed by atoms with Crippen molar-refractivity contribution in [2.24, 2.45) is 0 Å². The number of amides is 2. The normalized spacial score (nSPS) is 13.3. The van der Waals surface area contributed by atoms with Gasteiger partial charge in [-0.2, -0.15) is 0 Å². The van der Waals surface area contributed by atoms with Crippen molar-refractivity contribution < 1.29 is 9.59 Å². The Morgan fingerprint density at radius 2 is 1.75 bits per heavy atom. The topological polar surface area (TPSA) is 97.4 Å². The minimum absolute atomic E-state index is 0.0260. The monoisotopic (exact) mass is 326 g/mol. The number of rotatable bonds is 4. The van der Waals surface area contributed by atoms with E-state index < -0.39 is 17.4 Å². The minimum Gasteiger partial charge on any atom is -0.384 e. The van der Waals surface area contributed by atoms with Crippen LogP contribution >= 0.6 is 0 Å². The van der Waals surface area contributed by atoms with Crippen molar-refractivity contribution in [1.29, 1.82) is 0 Å². The summed E-state index contributed by atoms with van der Waals surface area (Å²) >= 11 is 0. The van der Waals surface area contributed by atoms with Crippen molar-refractivity contribution >= 4 is 17.6 Å². The Labute approximate surface area is 138 Å². The molecule has 2 heterocycles. The maximum absolute atomic E-state index is 12.3. The van der Waals surface area contributed by atoms with Crippen LogP contribution in [0.4, 0.5) is 5.82 Å². The Kier molecular flexibility index (Phi) is 3.94. The molecule has 0 unspecified atom stereocenters. The van der Waals surface area contributed by atoms with E-state index in [0.717, 1.165) is 24.6 Å². The minimum atomic E-state index is -0.593. The molecule has 2 aromatic rings. The number of benzene rings is 1. The van der Waals surface area contributed by atoms with E-state index in [1.165, 1.54) is 4.57 Å². The molecule has 0 saturated heterocycles. The fourth-order valence-corrected chi connectivity index (χ4v) is 2.71. The van der Waals surface area contributed by atoms with Gasteiger partial charge in [0.25, 0.3) is 17.4 Å². The van der Waals surface area contributed by atoms with Gasteiger partial charge in [-0.1, -0.05) is 12.1 Å². The Balaban J connectivity index is 2.02.